The van der Waals surface area contributed by atoms with Crippen LogP contribution in [0.2, 0.25) is 0 Å². The van der Waals surface area contributed by atoms with Gasteiger partial charge in [0.15, 0.2) is 0 Å². The maximum atomic E-state index is 12.3. The van der Waals surface area contributed by atoms with E-state index in [4.69, 9.17) is 9.26 Å². The number of ether oxygens (including phenoxy) is 1. The molecule has 0 aliphatic carbocycles. The number of hydrogen-bond donors (Lipinski definition) is 1. The molecule has 1 N–H and O–H groups in total. The van der Waals surface area contributed by atoms with Crippen molar-refractivity contribution in [1.82, 2.24) is 25.2 Å². The first-order valence-electron chi connectivity index (χ1n) is 9.81. The van der Waals surface area contributed by atoms with Crippen LogP contribution >= 0.6 is 0 Å². The molecule has 2 aromatic rings. The Balaban J connectivity index is 1.36. The maximum Gasteiger partial charge on any atom is 0.289 e. The van der Waals surface area contributed by atoms with E-state index in [1.807, 2.05) is 0 Å². The molecular weight excluding hydrogens is 362 g/mol. The van der Waals surface area contributed by atoms with Crippen LogP contribution in [0.4, 0.5) is 0 Å². The Labute approximate surface area is 162 Å². The topological polar surface area (TPSA) is 102 Å². The van der Waals surface area contributed by atoms with Gasteiger partial charge < -0.3 is 14.6 Å². The lowest BCUT2D eigenvalue weighted by atomic mass is 10.0. The van der Waals surface area contributed by atoms with E-state index in [0.717, 1.165) is 50.0 Å². The smallest absolute Gasteiger partial charge is 0.289 e. The molecule has 1 unspecified atom stereocenters. The monoisotopic (exact) mass is 387 g/mol. The minimum absolute atomic E-state index is 0.0866. The van der Waals surface area contributed by atoms with Crippen LogP contribution in [0.15, 0.2) is 27.6 Å². The predicted octanol–water partition coefficient (Wildman–Crippen LogP) is 0.589. The van der Waals surface area contributed by atoms with Gasteiger partial charge in [0, 0.05) is 43.2 Å². The minimum Gasteiger partial charge on any atom is -0.376 e. The van der Waals surface area contributed by atoms with Gasteiger partial charge in [-0.25, -0.2) is 4.68 Å². The summed E-state index contributed by atoms with van der Waals surface area (Å²) in [6, 6.07) is 3.43. The van der Waals surface area contributed by atoms with Crippen LogP contribution in [0, 0.1) is 0 Å². The van der Waals surface area contributed by atoms with Crippen molar-refractivity contribution < 1.29 is 14.1 Å². The van der Waals surface area contributed by atoms with Gasteiger partial charge in [-0.15, -0.1) is 0 Å². The molecule has 0 saturated carbocycles. The van der Waals surface area contributed by atoms with Gasteiger partial charge >= 0.3 is 0 Å². The Kier molecular flexibility index (Phi) is 5.82. The number of fused-ring (bicyclic) bond motifs is 1. The van der Waals surface area contributed by atoms with Crippen LogP contribution in [-0.4, -0.2) is 58.0 Å². The number of hydrogen-bond acceptors (Lipinski definition) is 7. The zero-order valence-electron chi connectivity index (χ0n) is 15.8. The molecule has 2 aromatic heterocycles. The van der Waals surface area contributed by atoms with Crippen LogP contribution in [0.5, 0.6) is 0 Å². The first-order chi connectivity index (χ1) is 13.7. The third kappa shape index (κ3) is 4.31. The summed E-state index contributed by atoms with van der Waals surface area (Å²) >= 11 is 0. The summed E-state index contributed by atoms with van der Waals surface area (Å²) < 4.78 is 11.8. The predicted molar refractivity (Wildman–Crippen MR) is 99.9 cm³/mol. The van der Waals surface area contributed by atoms with Crippen LogP contribution in [-0.2, 0) is 24.3 Å². The number of aromatic nitrogens is 3. The molecule has 1 fully saturated rings. The van der Waals surface area contributed by atoms with E-state index in [0.29, 0.717) is 26.3 Å². The van der Waals surface area contributed by atoms with Crippen LogP contribution in [0.25, 0.3) is 0 Å². The number of likely N-dealkylation sites (tertiary alicyclic amines) is 1. The number of carbonyl (C=O) groups is 1. The highest BCUT2D eigenvalue weighted by atomic mass is 16.5. The highest BCUT2D eigenvalue weighted by Crippen LogP contribution is 2.17. The van der Waals surface area contributed by atoms with E-state index in [1.165, 1.54) is 6.20 Å². The molecular formula is C19H25N5O4. The van der Waals surface area contributed by atoms with Crippen LogP contribution in [0.3, 0.4) is 0 Å². The molecule has 1 atom stereocenters. The van der Waals surface area contributed by atoms with E-state index in [9.17, 15) is 9.59 Å². The van der Waals surface area contributed by atoms with Gasteiger partial charge in [0.2, 0.25) is 5.76 Å². The van der Waals surface area contributed by atoms with E-state index in [-0.39, 0.29) is 23.3 Å². The molecule has 150 valence electrons. The van der Waals surface area contributed by atoms with Gasteiger partial charge in [0.25, 0.3) is 11.5 Å². The Bertz CT molecular complexity index is 864. The Morgan fingerprint density at radius 2 is 2.25 bits per heavy atom. The summed E-state index contributed by atoms with van der Waals surface area (Å²) in [6.07, 6.45) is 5.47. The number of nitrogens with zero attached hydrogens (tertiary/aromatic N) is 4. The van der Waals surface area contributed by atoms with Crippen molar-refractivity contribution in [2.24, 2.45) is 0 Å². The number of piperidine rings is 1. The second-order valence-corrected chi connectivity index (χ2v) is 7.25. The summed E-state index contributed by atoms with van der Waals surface area (Å²) in [7, 11) is 0. The standard InChI is InChI=1S/C19H25N5O4/c25-18-11-14-13-27-10-5-16(14)22-24(18)9-8-23-7-2-1-3-15(23)12-20-19(26)17-4-6-21-28-17/h4,6,11,15H,1-3,5,7-10,12-13H2,(H,20,26). The van der Waals surface area contributed by atoms with E-state index < -0.39 is 0 Å². The van der Waals surface area contributed by atoms with Gasteiger partial charge in [0.1, 0.15) is 0 Å². The highest BCUT2D eigenvalue weighted by Gasteiger charge is 2.24. The molecule has 0 radical (unpaired) electrons. The van der Waals surface area contributed by atoms with Crippen molar-refractivity contribution in [2.45, 2.75) is 44.9 Å². The fourth-order valence-corrected chi connectivity index (χ4v) is 3.85. The lowest BCUT2D eigenvalue weighted by molar-refractivity contribution is 0.0873. The molecule has 28 heavy (non-hydrogen) atoms. The number of rotatable bonds is 6. The van der Waals surface area contributed by atoms with E-state index in [2.05, 4.69) is 20.5 Å². The zero-order chi connectivity index (χ0) is 19.3. The Morgan fingerprint density at radius 1 is 1.32 bits per heavy atom. The first kappa shape index (κ1) is 18.8. The summed E-state index contributed by atoms with van der Waals surface area (Å²) in [5.41, 5.74) is 1.77. The molecule has 0 aromatic carbocycles. The average Bonchev–Trinajstić information content (AvgIpc) is 3.26. The molecule has 2 aliphatic rings. The Hall–Kier alpha value is -2.52. The molecule has 9 nitrogen and oxygen atoms in total. The Morgan fingerprint density at radius 3 is 3.11 bits per heavy atom. The second kappa shape index (κ2) is 8.66. The molecule has 0 spiro atoms. The van der Waals surface area contributed by atoms with Gasteiger partial charge in [0.05, 0.1) is 31.6 Å². The lowest BCUT2D eigenvalue weighted by Crippen LogP contribution is -2.48. The average molecular weight is 387 g/mol. The highest BCUT2D eigenvalue weighted by molar-refractivity contribution is 5.91. The summed E-state index contributed by atoms with van der Waals surface area (Å²) in [5.74, 6) is -0.0334. The molecule has 9 heteroatoms. The van der Waals surface area contributed by atoms with Crippen LogP contribution < -0.4 is 10.9 Å². The third-order valence-electron chi connectivity index (χ3n) is 5.41. The molecule has 0 bridgehead atoms. The maximum absolute atomic E-state index is 12.3. The van der Waals surface area contributed by atoms with Crippen molar-refractivity contribution in [3.63, 3.8) is 0 Å². The van der Waals surface area contributed by atoms with E-state index >= 15 is 0 Å². The number of amides is 1. The van der Waals surface area contributed by atoms with Crippen molar-refractivity contribution in [1.29, 1.82) is 0 Å². The SMILES string of the molecule is O=C(NCC1CCCCN1CCn1nc2c(cc1=O)COCC2)c1ccno1. The van der Waals surface area contributed by atoms with Gasteiger partial charge in [-0.2, -0.15) is 5.10 Å². The molecule has 1 amide bonds. The molecule has 1 saturated heterocycles. The third-order valence-corrected chi connectivity index (χ3v) is 5.41. The van der Waals surface area contributed by atoms with Gasteiger partial charge in [-0.05, 0) is 19.4 Å². The summed E-state index contributed by atoms with van der Waals surface area (Å²) in [5, 5.41) is 11.0. The largest absolute Gasteiger partial charge is 0.376 e. The number of carbonyl (C=O) groups excluding carboxylic acids is 1. The first-order valence-corrected chi connectivity index (χ1v) is 9.81. The van der Waals surface area contributed by atoms with E-state index in [1.54, 1.807) is 16.8 Å². The minimum atomic E-state index is -0.252. The molecule has 4 rings (SSSR count). The fourth-order valence-electron chi connectivity index (χ4n) is 3.85. The fraction of sp³-hybridized carbons (Fsp3) is 0.579. The summed E-state index contributed by atoms with van der Waals surface area (Å²) in [4.78, 5) is 26.8. The van der Waals surface area contributed by atoms with Gasteiger partial charge in [-0.3, -0.25) is 14.5 Å². The van der Waals surface area contributed by atoms with Crippen molar-refractivity contribution in [3.8, 4) is 0 Å². The zero-order valence-corrected chi connectivity index (χ0v) is 15.8. The molecule has 4 heterocycles. The quantitative estimate of drug-likeness (QED) is 0.774. The van der Waals surface area contributed by atoms with Gasteiger partial charge in [-0.1, -0.05) is 11.6 Å². The van der Waals surface area contributed by atoms with Crippen molar-refractivity contribution in [3.05, 3.63) is 45.7 Å². The van der Waals surface area contributed by atoms with Crippen molar-refractivity contribution >= 4 is 5.91 Å². The van der Waals surface area contributed by atoms with Crippen molar-refractivity contribution in [2.75, 3.05) is 26.2 Å². The lowest BCUT2D eigenvalue weighted by Gasteiger charge is -2.35. The normalized spacial score (nSPS) is 19.9. The molecule has 2 aliphatic heterocycles. The summed E-state index contributed by atoms with van der Waals surface area (Å²) in [6.45, 7) is 3.89. The second-order valence-electron chi connectivity index (χ2n) is 7.25. The number of nitrogens with one attached hydrogen (secondary N) is 1. The van der Waals surface area contributed by atoms with Crippen LogP contribution in [0.1, 0.15) is 41.1 Å².